The number of hydrazine groups is 1. The molecule has 0 unspecified atom stereocenters. The fourth-order valence-electron chi connectivity index (χ4n) is 3.52. The van der Waals surface area contributed by atoms with E-state index in [0.717, 1.165) is 17.0 Å². The van der Waals surface area contributed by atoms with Crippen LogP contribution in [-0.4, -0.2) is 42.5 Å². The van der Waals surface area contributed by atoms with E-state index in [9.17, 15) is 32.9 Å². The van der Waals surface area contributed by atoms with Crippen LogP contribution in [-0.2, 0) is 14.8 Å². The van der Waals surface area contributed by atoms with Crippen molar-refractivity contribution in [3.05, 3.63) is 75.8 Å². The van der Waals surface area contributed by atoms with Gasteiger partial charge in [-0.25, -0.2) is 8.42 Å². The zero-order valence-corrected chi connectivity index (χ0v) is 18.2. The van der Waals surface area contributed by atoms with Crippen molar-refractivity contribution < 1.29 is 27.7 Å². The summed E-state index contributed by atoms with van der Waals surface area (Å²) in [6, 6.07) is 12.9. The van der Waals surface area contributed by atoms with Gasteiger partial charge in [-0.2, -0.15) is 0 Å². The third kappa shape index (κ3) is 4.16. The number of sulfonamides is 1. The number of non-ortho nitro benzene ring substituents is 1. The molecule has 174 valence electrons. The van der Waals surface area contributed by atoms with Gasteiger partial charge in [-0.3, -0.25) is 34.8 Å². The number of hydrogen-bond acceptors (Lipinski definition) is 8. The Labute approximate surface area is 192 Å². The highest BCUT2D eigenvalue weighted by molar-refractivity contribution is 7.89. The smallest absolute Gasteiger partial charge is 0.270 e. The van der Waals surface area contributed by atoms with Gasteiger partial charge in [-0.05, 0) is 23.6 Å². The predicted molar refractivity (Wildman–Crippen MR) is 120 cm³/mol. The van der Waals surface area contributed by atoms with Crippen molar-refractivity contribution in [2.75, 3.05) is 12.3 Å². The van der Waals surface area contributed by atoms with Crippen LogP contribution in [0, 0.1) is 10.1 Å². The fourth-order valence-corrected chi connectivity index (χ4v) is 4.45. The Morgan fingerprint density at radius 2 is 1.74 bits per heavy atom. The molecule has 13 heteroatoms. The number of benzene rings is 3. The number of hydrogen-bond donors (Lipinski definition) is 3. The van der Waals surface area contributed by atoms with Gasteiger partial charge >= 0.3 is 0 Å². The molecule has 0 atom stereocenters. The summed E-state index contributed by atoms with van der Waals surface area (Å²) < 4.78 is 25.2. The van der Waals surface area contributed by atoms with Crippen LogP contribution < -0.4 is 16.0 Å². The molecule has 1 aliphatic heterocycles. The average molecular weight is 483 g/mol. The molecule has 0 aliphatic carbocycles. The van der Waals surface area contributed by atoms with E-state index >= 15 is 0 Å². The quantitative estimate of drug-likeness (QED) is 0.195. The summed E-state index contributed by atoms with van der Waals surface area (Å²) in [5, 5.41) is 12.2. The summed E-state index contributed by atoms with van der Waals surface area (Å²) >= 11 is 0. The average Bonchev–Trinajstić information content (AvgIpc) is 3.05. The molecule has 4 rings (SSSR count). The molecule has 3 amide bonds. The summed E-state index contributed by atoms with van der Waals surface area (Å²) in [5.74, 6) is -2.28. The van der Waals surface area contributed by atoms with E-state index in [4.69, 9.17) is 5.73 Å². The largest absolute Gasteiger partial charge is 0.398 e. The van der Waals surface area contributed by atoms with Gasteiger partial charge < -0.3 is 5.73 Å². The van der Waals surface area contributed by atoms with Crippen molar-refractivity contribution in [1.82, 2.24) is 15.2 Å². The van der Waals surface area contributed by atoms with Gasteiger partial charge in [0.25, 0.3) is 27.5 Å². The number of nitrogens with zero attached hydrogens (tertiary/aromatic N) is 2. The highest BCUT2D eigenvalue weighted by Crippen LogP contribution is 2.27. The highest BCUT2D eigenvalue weighted by atomic mass is 32.2. The lowest BCUT2D eigenvalue weighted by atomic mass is 10.1. The van der Waals surface area contributed by atoms with Crippen molar-refractivity contribution in [2.45, 2.75) is 11.3 Å². The predicted octanol–water partition coefficient (Wildman–Crippen LogP) is 1.33. The molecule has 3 aromatic rings. The second-order valence-electron chi connectivity index (χ2n) is 7.39. The number of anilines is 1. The molecule has 0 aromatic heterocycles. The lowest BCUT2D eigenvalue weighted by Gasteiger charge is -2.14. The van der Waals surface area contributed by atoms with Crippen LogP contribution in [0.15, 0.2) is 59.5 Å². The van der Waals surface area contributed by atoms with E-state index in [1.807, 2.05) is 10.3 Å². The highest BCUT2D eigenvalue weighted by Gasteiger charge is 2.36. The number of nitrogens with one attached hydrogen (secondary N) is 2. The number of imide groups is 1. The molecule has 0 bridgehead atoms. The molecule has 0 radical (unpaired) electrons. The van der Waals surface area contributed by atoms with Crippen LogP contribution in [0.5, 0.6) is 0 Å². The molecule has 1 heterocycles. The van der Waals surface area contributed by atoms with E-state index in [-0.39, 0.29) is 33.9 Å². The Bertz CT molecular complexity index is 1490. The number of rotatable bonds is 7. The number of amides is 3. The van der Waals surface area contributed by atoms with Crippen LogP contribution in [0.1, 0.15) is 27.1 Å². The standard InChI is InChI=1S/C21H17N5O7S/c22-18-11-14(9-12-3-1-2-4-15(12)18)34(32,33)24-23-19(27)7-8-25-20(28)16-6-5-13(26(30)31)10-17(16)21(25)29/h1-6,9-11,24H,7-8,22H2,(H,23,27). The maximum atomic E-state index is 12.6. The Kier molecular flexibility index (Phi) is 5.73. The second-order valence-corrected chi connectivity index (χ2v) is 9.07. The third-order valence-corrected chi connectivity index (χ3v) is 6.46. The zero-order valence-electron chi connectivity index (χ0n) is 17.3. The van der Waals surface area contributed by atoms with Crippen LogP contribution in [0.2, 0.25) is 0 Å². The fraction of sp³-hybridized carbons (Fsp3) is 0.0952. The van der Waals surface area contributed by atoms with Crippen LogP contribution in [0.3, 0.4) is 0 Å². The molecule has 0 spiro atoms. The maximum Gasteiger partial charge on any atom is 0.270 e. The number of fused-ring (bicyclic) bond motifs is 2. The van der Waals surface area contributed by atoms with E-state index in [2.05, 4.69) is 0 Å². The van der Waals surface area contributed by atoms with E-state index < -0.39 is 39.1 Å². The van der Waals surface area contributed by atoms with Gasteiger partial charge in [0.1, 0.15) is 0 Å². The van der Waals surface area contributed by atoms with Crippen LogP contribution in [0.25, 0.3) is 10.8 Å². The SMILES string of the molecule is Nc1cc(S(=O)(=O)NNC(=O)CCN2C(=O)c3ccc([N+](=O)[O-])cc3C2=O)cc2ccccc12. The number of carbonyl (C=O) groups is 3. The first-order valence-electron chi connectivity index (χ1n) is 9.82. The van der Waals surface area contributed by atoms with Crippen molar-refractivity contribution in [3.8, 4) is 0 Å². The molecule has 0 saturated carbocycles. The van der Waals surface area contributed by atoms with Crippen molar-refractivity contribution in [3.63, 3.8) is 0 Å². The Balaban J connectivity index is 1.39. The van der Waals surface area contributed by atoms with Crippen LogP contribution in [0.4, 0.5) is 11.4 Å². The number of nitro groups is 1. The molecule has 0 fully saturated rings. The number of carbonyl (C=O) groups excluding carboxylic acids is 3. The van der Waals surface area contributed by atoms with Gasteiger partial charge in [0.15, 0.2) is 0 Å². The second kappa shape index (κ2) is 8.53. The topological polar surface area (TPSA) is 182 Å². The first-order valence-corrected chi connectivity index (χ1v) is 11.3. The monoisotopic (exact) mass is 483 g/mol. The van der Waals surface area contributed by atoms with Crippen molar-refractivity contribution in [1.29, 1.82) is 0 Å². The van der Waals surface area contributed by atoms with Crippen molar-refractivity contribution in [2.24, 2.45) is 0 Å². The van der Waals surface area contributed by atoms with Gasteiger partial charge in [0, 0.05) is 36.2 Å². The Morgan fingerprint density at radius 1 is 1.03 bits per heavy atom. The summed E-state index contributed by atoms with van der Waals surface area (Å²) in [7, 11) is -4.16. The van der Waals surface area contributed by atoms with Crippen molar-refractivity contribution >= 4 is 49.9 Å². The van der Waals surface area contributed by atoms with Gasteiger partial charge in [-0.1, -0.05) is 24.3 Å². The number of nitrogen functional groups attached to an aromatic ring is 1. The number of nitro benzene ring substituents is 1. The normalized spacial score (nSPS) is 13.2. The first kappa shape index (κ1) is 22.8. The van der Waals surface area contributed by atoms with Gasteiger partial charge in [0.05, 0.1) is 20.9 Å². The zero-order chi connectivity index (χ0) is 24.6. The summed E-state index contributed by atoms with van der Waals surface area (Å²) in [4.78, 5) is 49.8. The van der Waals surface area contributed by atoms with E-state index in [1.54, 1.807) is 24.3 Å². The molecule has 4 N–H and O–H groups in total. The minimum atomic E-state index is -4.16. The van der Waals surface area contributed by atoms with Gasteiger partial charge in [0.2, 0.25) is 5.91 Å². The molecule has 34 heavy (non-hydrogen) atoms. The Hall–Kier alpha value is -4.36. The molecule has 3 aromatic carbocycles. The van der Waals surface area contributed by atoms with E-state index in [0.29, 0.717) is 10.8 Å². The van der Waals surface area contributed by atoms with E-state index in [1.165, 1.54) is 18.2 Å². The minimum absolute atomic E-state index is 0.00870. The summed E-state index contributed by atoms with van der Waals surface area (Å²) in [5.41, 5.74) is 7.72. The molecule has 12 nitrogen and oxygen atoms in total. The molecular weight excluding hydrogens is 466 g/mol. The first-order chi connectivity index (χ1) is 16.1. The maximum absolute atomic E-state index is 12.6. The third-order valence-electron chi connectivity index (χ3n) is 5.23. The molecule has 1 aliphatic rings. The van der Waals surface area contributed by atoms with Gasteiger partial charge in [-0.15, -0.1) is 4.83 Å². The Morgan fingerprint density at radius 3 is 2.47 bits per heavy atom. The lowest BCUT2D eigenvalue weighted by Crippen LogP contribution is -2.43. The molecular formula is C21H17N5O7S. The van der Waals surface area contributed by atoms with Crippen LogP contribution >= 0.6 is 0 Å². The minimum Gasteiger partial charge on any atom is -0.398 e. The number of nitrogens with two attached hydrogens (primary N) is 1. The lowest BCUT2D eigenvalue weighted by molar-refractivity contribution is -0.384. The summed E-state index contributed by atoms with van der Waals surface area (Å²) in [6.07, 6.45) is -0.407. The summed E-state index contributed by atoms with van der Waals surface area (Å²) in [6.45, 7) is -0.351. The molecule has 0 saturated heterocycles.